The van der Waals surface area contributed by atoms with E-state index in [1.54, 1.807) is 0 Å². The fourth-order valence-electron chi connectivity index (χ4n) is 2.07. The molecule has 0 aliphatic carbocycles. The van der Waals surface area contributed by atoms with Gasteiger partial charge in [0.1, 0.15) is 5.75 Å². The smallest absolute Gasteiger partial charge is 0.416 e. The van der Waals surface area contributed by atoms with Crippen LogP contribution < -0.4 is 5.32 Å². The second-order valence-corrected chi connectivity index (χ2v) is 5.22. The zero-order chi connectivity index (χ0) is 19.0. The van der Waals surface area contributed by atoms with E-state index in [1.807, 2.05) is 5.32 Å². The fraction of sp³-hybridized carbons (Fsp3) is 0.188. The Hall–Kier alpha value is -2.71. The van der Waals surface area contributed by atoms with Crippen LogP contribution in [0.3, 0.4) is 0 Å². The van der Waals surface area contributed by atoms with Gasteiger partial charge in [0, 0.05) is 5.69 Å². The second kappa shape index (κ2) is 6.30. The summed E-state index contributed by atoms with van der Waals surface area (Å²) in [6.45, 7) is 1.48. The Morgan fingerprint density at radius 3 is 1.96 bits per heavy atom. The summed E-state index contributed by atoms with van der Waals surface area (Å²) in [5.74, 6) is -1.45. The standard InChI is InChI=1S/C16H11F6NO2/c1-8-3-2-4-12(13(8)24)14(25)23-11-6-9(15(17,18)19)5-10(7-11)16(20,21)22/h2-7,24H,1H3,(H,23,25). The molecule has 0 unspecified atom stereocenters. The van der Waals surface area contributed by atoms with Gasteiger partial charge in [-0.1, -0.05) is 12.1 Å². The average molecular weight is 363 g/mol. The van der Waals surface area contributed by atoms with Crippen LogP contribution >= 0.6 is 0 Å². The average Bonchev–Trinajstić information content (AvgIpc) is 2.47. The van der Waals surface area contributed by atoms with Crippen molar-refractivity contribution < 1.29 is 36.2 Å². The van der Waals surface area contributed by atoms with Crippen LogP contribution in [0, 0.1) is 6.92 Å². The van der Waals surface area contributed by atoms with Gasteiger partial charge in [-0.25, -0.2) is 0 Å². The summed E-state index contributed by atoms with van der Waals surface area (Å²) in [7, 11) is 0. The van der Waals surface area contributed by atoms with E-state index in [1.165, 1.54) is 25.1 Å². The van der Waals surface area contributed by atoms with Crippen LogP contribution in [0.1, 0.15) is 27.0 Å². The summed E-state index contributed by atoms with van der Waals surface area (Å²) >= 11 is 0. The SMILES string of the molecule is Cc1cccc(C(=O)Nc2cc(C(F)(F)F)cc(C(F)(F)F)c2)c1O. The monoisotopic (exact) mass is 363 g/mol. The normalized spacial score (nSPS) is 12.1. The van der Waals surface area contributed by atoms with E-state index in [9.17, 15) is 36.2 Å². The molecule has 0 aromatic heterocycles. The van der Waals surface area contributed by atoms with Crippen molar-refractivity contribution in [2.75, 3.05) is 5.32 Å². The molecule has 9 heteroatoms. The third-order valence-electron chi connectivity index (χ3n) is 3.33. The molecule has 0 radical (unpaired) electrons. The molecule has 0 aliphatic heterocycles. The molecule has 2 aromatic rings. The Morgan fingerprint density at radius 2 is 1.48 bits per heavy atom. The highest BCUT2D eigenvalue weighted by atomic mass is 19.4. The number of aryl methyl sites for hydroxylation is 1. The molecule has 0 atom stereocenters. The minimum atomic E-state index is -5.02. The van der Waals surface area contributed by atoms with Gasteiger partial charge in [-0.05, 0) is 36.8 Å². The van der Waals surface area contributed by atoms with E-state index in [2.05, 4.69) is 0 Å². The van der Waals surface area contributed by atoms with Crippen molar-refractivity contribution in [3.8, 4) is 5.75 Å². The van der Waals surface area contributed by atoms with Crippen LogP contribution in [-0.4, -0.2) is 11.0 Å². The highest BCUT2D eigenvalue weighted by Gasteiger charge is 2.37. The van der Waals surface area contributed by atoms with Crippen molar-refractivity contribution in [1.29, 1.82) is 0 Å². The number of carbonyl (C=O) groups is 1. The van der Waals surface area contributed by atoms with Gasteiger partial charge in [-0.3, -0.25) is 4.79 Å². The lowest BCUT2D eigenvalue weighted by molar-refractivity contribution is -0.143. The van der Waals surface area contributed by atoms with Gasteiger partial charge < -0.3 is 10.4 Å². The van der Waals surface area contributed by atoms with Gasteiger partial charge >= 0.3 is 12.4 Å². The highest BCUT2D eigenvalue weighted by molar-refractivity contribution is 6.06. The van der Waals surface area contributed by atoms with E-state index in [-0.39, 0.29) is 11.6 Å². The van der Waals surface area contributed by atoms with E-state index >= 15 is 0 Å². The Balaban J connectivity index is 2.45. The molecule has 0 saturated heterocycles. The quantitative estimate of drug-likeness (QED) is 0.739. The molecule has 2 aromatic carbocycles. The Kier molecular flexibility index (Phi) is 4.70. The molecule has 25 heavy (non-hydrogen) atoms. The van der Waals surface area contributed by atoms with Gasteiger partial charge in [0.15, 0.2) is 0 Å². The van der Waals surface area contributed by atoms with E-state index in [4.69, 9.17) is 0 Å². The van der Waals surface area contributed by atoms with Crippen molar-refractivity contribution in [3.05, 3.63) is 58.7 Å². The van der Waals surface area contributed by atoms with Crippen LogP contribution in [0.4, 0.5) is 32.0 Å². The van der Waals surface area contributed by atoms with E-state index < -0.39 is 40.8 Å². The summed E-state index contributed by atoms with van der Waals surface area (Å²) in [6.07, 6.45) is -10.0. The van der Waals surface area contributed by atoms with Crippen molar-refractivity contribution in [3.63, 3.8) is 0 Å². The lowest BCUT2D eigenvalue weighted by atomic mass is 10.1. The van der Waals surface area contributed by atoms with Crippen LogP contribution in [0.25, 0.3) is 0 Å². The number of hydrogen-bond donors (Lipinski definition) is 2. The lowest BCUT2D eigenvalue weighted by Crippen LogP contribution is -2.16. The molecule has 134 valence electrons. The first-order valence-corrected chi connectivity index (χ1v) is 6.79. The van der Waals surface area contributed by atoms with Crippen LogP contribution in [0.5, 0.6) is 5.75 Å². The predicted octanol–water partition coefficient (Wildman–Crippen LogP) is 4.99. The minimum Gasteiger partial charge on any atom is -0.507 e. The fourth-order valence-corrected chi connectivity index (χ4v) is 2.07. The number of nitrogens with one attached hydrogen (secondary N) is 1. The number of amides is 1. The number of alkyl halides is 6. The molecule has 2 N–H and O–H groups in total. The zero-order valence-electron chi connectivity index (χ0n) is 12.6. The Bertz CT molecular complexity index is 779. The van der Waals surface area contributed by atoms with Gasteiger partial charge in [0.2, 0.25) is 0 Å². The van der Waals surface area contributed by atoms with Crippen molar-refractivity contribution in [2.24, 2.45) is 0 Å². The summed E-state index contributed by atoms with van der Waals surface area (Å²) in [4.78, 5) is 12.1. The van der Waals surface area contributed by atoms with Crippen molar-refractivity contribution >= 4 is 11.6 Å². The number of aromatic hydroxyl groups is 1. The third-order valence-corrected chi connectivity index (χ3v) is 3.33. The molecule has 0 aliphatic rings. The number of halogens is 6. The second-order valence-electron chi connectivity index (χ2n) is 5.22. The summed E-state index contributed by atoms with van der Waals surface area (Å²) in [5.41, 5.74) is -3.73. The highest BCUT2D eigenvalue weighted by Crippen LogP contribution is 2.37. The molecule has 1 amide bonds. The molecule has 0 saturated carbocycles. The van der Waals surface area contributed by atoms with Crippen molar-refractivity contribution in [1.82, 2.24) is 0 Å². The van der Waals surface area contributed by atoms with E-state index in [0.29, 0.717) is 17.7 Å². The maximum absolute atomic E-state index is 12.8. The van der Waals surface area contributed by atoms with Gasteiger partial charge in [-0.15, -0.1) is 0 Å². The molecule has 0 heterocycles. The molecular formula is C16H11F6NO2. The maximum Gasteiger partial charge on any atom is 0.416 e. The predicted molar refractivity (Wildman–Crippen MR) is 77.2 cm³/mol. The maximum atomic E-state index is 12.8. The molecular weight excluding hydrogens is 352 g/mol. The zero-order valence-corrected chi connectivity index (χ0v) is 12.6. The number of benzene rings is 2. The number of phenolic OH excluding ortho intramolecular Hbond substituents is 1. The summed E-state index contributed by atoms with van der Waals surface area (Å²) in [6, 6.07) is 4.82. The van der Waals surface area contributed by atoms with E-state index in [0.717, 1.165) is 0 Å². The van der Waals surface area contributed by atoms with Crippen LogP contribution in [-0.2, 0) is 12.4 Å². The third kappa shape index (κ3) is 4.23. The number of rotatable bonds is 2. The molecule has 0 bridgehead atoms. The first-order valence-electron chi connectivity index (χ1n) is 6.79. The van der Waals surface area contributed by atoms with Crippen LogP contribution in [0.2, 0.25) is 0 Å². The summed E-state index contributed by atoms with van der Waals surface area (Å²) < 4.78 is 76.8. The molecule has 2 rings (SSSR count). The minimum absolute atomic E-state index is 0.0419. The van der Waals surface area contributed by atoms with Crippen LogP contribution in [0.15, 0.2) is 36.4 Å². The number of para-hydroxylation sites is 1. The number of hydrogen-bond acceptors (Lipinski definition) is 2. The van der Waals surface area contributed by atoms with Crippen molar-refractivity contribution in [2.45, 2.75) is 19.3 Å². The Morgan fingerprint density at radius 1 is 0.960 bits per heavy atom. The first-order chi connectivity index (χ1) is 11.4. The number of carbonyl (C=O) groups excluding carboxylic acids is 1. The lowest BCUT2D eigenvalue weighted by Gasteiger charge is -2.15. The molecule has 3 nitrogen and oxygen atoms in total. The molecule has 0 spiro atoms. The van der Waals surface area contributed by atoms with Gasteiger partial charge in [0.05, 0.1) is 16.7 Å². The topological polar surface area (TPSA) is 49.3 Å². The summed E-state index contributed by atoms with van der Waals surface area (Å²) in [5, 5.41) is 11.7. The number of phenols is 1. The van der Waals surface area contributed by atoms with Gasteiger partial charge in [-0.2, -0.15) is 26.3 Å². The van der Waals surface area contributed by atoms with Gasteiger partial charge in [0.25, 0.3) is 5.91 Å². The Labute approximate surface area is 137 Å². The number of anilines is 1. The first kappa shape index (κ1) is 18.6. The molecule has 0 fully saturated rings. The largest absolute Gasteiger partial charge is 0.507 e.